The van der Waals surface area contributed by atoms with E-state index in [2.05, 4.69) is 30.0 Å². The second-order valence-electron chi connectivity index (χ2n) is 8.35. The fraction of sp³-hybridized carbons (Fsp3) is 0.261. The Labute approximate surface area is 253 Å². The van der Waals surface area contributed by atoms with Gasteiger partial charge in [-0.3, -0.25) is 14.5 Å². The summed E-state index contributed by atoms with van der Waals surface area (Å²) >= 11 is 4.81. The third-order valence-electron chi connectivity index (χ3n) is 5.70. The Kier molecular flexibility index (Phi) is 9.00. The number of esters is 1. The molecule has 5 rings (SSSR count). The first-order chi connectivity index (χ1) is 20.3. The number of nitrogens with one attached hydrogen (secondary N) is 1. The topological polar surface area (TPSA) is 212 Å². The van der Waals surface area contributed by atoms with Crippen LogP contribution in [0.25, 0.3) is 0 Å². The van der Waals surface area contributed by atoms with Gasteiger partial charge in [-0.25, -0.2) is 9.59 Å². The molecule has 0 spiro atoms. The number of fused-ring (bicyclic) bond motifs is 1. The number of hydrogen-bond donors (Lipinski definition) is 3. The van der Waals surface area contributed by atoms with E-state index in [1.807, 2.05) is 0 Å². The predicted molar refractivity (Wildman–Crippen MR) is 154 cm³/mol. The summed E-state index contributed by atoms with van der Waals surface area (Å²) in [6.07, 6.45) is 0. The normalized spacial score (nSPS) is 18.3. The number of carbonyl (C=O) groups is 4. The number of carboxylic acids is 1. The number of aliphatic carboxylic acids is 1. The number of β-lactam (4-membered cyclic amide) rings is 1. The summed E-state index contributed by atoms with van der Waals surface area (Å²) in [5.41, 5.74) is 7.56. The van der Waals surface area contributed by atoms with Crippen LogP contribution in [-0.4, -0.2) is 88.6 Å². The summed E-state index contributed by atoms with van der Waals surface area (Å²) in [6, 6.07) is 4.93. The Balaban J connectivity index is 1.33. The molecule has 42 heavy (non-hydrogen) atoms. The first-order valence-electron chi connectivity index (χ1n) is 12.0. The van der Waals surface area contributed by atoms with Crippen LogP contribution in [0.2, 0.25) is 0 Å². The molecular formula is C23H20N8O7S4. The number of anilines is 1. The summed E-state index contributed by atoms with van der Waals surface area (Å²) < 4.78 is 9.68. The Morgan fingerprint density at radius 3 is 2.86 bits per heavy atom. The molecule has 2 aliphatic heterocycles. The number of carboxylic acid groups (broad SMARTS) is 1. The molecule has 1 aromatic carbocycles. The molecule has 1 saturated heterocycles. The van der Waals surface area contributed by atoms with Crippen molar-refractivity contribution in [2.45, 2.75) is 22.7 Å². The molecular weight excluding hydrogens is 629 g/mol. The van der Waals surface area contributed by atoms with Gasteiger partial charge in [0.2, 0.25) is 11.5 Å². The zero-order valence-electron chi connectivity index (χ0n) is 21.5. The number of rotatable bonds is 11. The van der Waals surface area contributed by atoms with E-state index in [0.29, 0.717) is 21.4 Å². The molecule has 2 aliphatic rings. The van der Waals surface area contributed by atoms with Crippen LogP contribution in [-0.2, 0) is 19.1 Å². The summed E-state index contributed by atoms with van der Waals surface area (Å²) in [7, 11) is 0. The van der Waals surface area contributed by atoms with Crippen molar-refractivity contribution in [3.63, 3.8) is 0 Å². The number of hydrogen-bond acceptors (Lipinski definition) is 16. The average molecular weight is 649 g/mol. The third-order valence-corrected chi connectivity index (χ3v) is 9.53. The lowest BCUT2D eigenvalue weighted by Gasteiger charge is -2.49. The molecule has 4 N–H and O–H groups in total. The van der Waals surface area contributed by atoms with Gasteiger partial charge in [0.15, 0.2) is 15.2 Å². The Bertz CT molecular complexity index is 1590. The smallest absolute Gasteiger partial charge is 0.352 e. The largest absolute Gasteiger partial charge is 0.477 e. The molecule has 2 amide bonds. The van der Waals surface area contributed by atoms with Crippen molar-refractivity contribution < 1.29 is 33.9 Å². The molecule has 4 heterocycles. The van der Waals surface area contributed by atoms with E-state index in [1.54, 1.807) is 18.5 Å². The van der Waals surface area contributed by atoms with Crippen molar-refractivity contribution in [3.05, 3.63) is 52.4 Å². The van der Waals surface area contributed by atoms with Crippen molar-refractivity contribution in [1.82, 2.24) is 29.8 Å². The van der Waals surface area contributed by atoms with Crippen LogP contribution in [0.3, 0.4) is 0 Å². The highest BCUT2D eigenvalue weighted by molar-refractivity contribution is 8.01. The van der Waals surface area contributed by atoms with Gasteiger partial charge in [0.25, 0.3) is 11.8 Å². The molecule has 218 valence electrons. The van der Waals surface area contributed by atoms with Gasteiger partial charge < -0.3 is 25.7 Å². The second-order valence-corrected chi connectivity index (χ2v) is 12.3. The lowest BCUT2D eigenvalue weighted by molar-refractivity contribution is -0.150. The van der Waals surface area contributed by atoms with Crippen molar-refractivity contribution in [2.75, 3.05) is 23.8 Å². The van der Waals surface area contributed by atoms with E-state index in [1.165, 1.54) is 58.0 Å². The Morgan fingerprint density at radius 2 is 2.17 bits per heavy atom. The van der Waals surface area contributed by atoms with Crippen LogP contribution in [0.4, 0.5) is 5.13 Å². The minimum absolute atomic E-state index is 0.0682. The predicted octanol–water partition coefficient (Wildman–Crippen LogP) is 1.46. The number of nitrogen functional groups attached to an aromatic ring is 1. The first-order valence-corrected chi connectivity index (χ1v) is 15.7. The molecule has 0 radical (unpaired) electrons. The second kappa shape index (κ2) is 12.8. The van der Waals surface area contributed by atoms with Crippen LogP contribution in [0.1, 0.15) is 23.1 Å². The van der Waals surface area contributed by atoms with Crippen molar-refractivity contribution >= 4 is 81.0 Å². The van der Waals surface area contributed by atoms with E-state index in [-0.39, 0.29) is 40.3 Å². The monoisotopic (exact) mass is 648 g/mol. The van der Waals surface area contributed by atoms with Crippen LogP contribution in [0.15, 0.2) is 50.5 Å². The van der Waals surface area contributed by atoms with Gasteiger partial charge in [-0.1, -0.05) is 34.3 Å². The van der Waals surface area contributed by atoms with Gasteiger partial charge in [0, 0.05) is 23.0 Å². The number of oxime groups is 1. The maximum atomic E-state index is 13.3. The number of nitrogens with two attached hydrogens (primary N) is 1. The number of nitrogens with zero attached hydrogens (tertiary/aromatic N) is 6. The van der Waals surface area contributed by atoms with Crippen molar-refractivity contribution in [2.24, 2.45) is 5.16 Å². The minimum Gasteiger partial charge on any atom is -0.477 e. The maximum absolute atomic E-state index is 13.3. The number of carbonyl (C=O) groups excluding carboxylic acids is 3. The zero-order chi connectivity index (χ0) is 29.8. The third kappa shape index (κ3) is 6.22. The lowest BCUT2D eigenvalue weighted by Crippen LogP contribution is -2.71. The number of aromatic nitrogens is 4. The van der Waals surface area contributed by atoms with Gasteiger partial charge in [0.05, 0.1) is 12.2 Å². The maximum Gasteiger partial charge on any atom is 0.352 e. The number of amides is 2. The van der Waals surface area contributed by atoms with E-state index >= 15 is 0 Å². The molecule has 3 aromatic rings. The van der Waals surface area contributed by atoms with Gasteiger partial charge in [-0.15, -0.1) is 22.0 Å². The fourth-order valence-corrected chi connectivity index (χ4v) is 7.29. The van der Waals surface area contributed by atoms with Crippen LogP contribution < -0.4 is 15.9 Å². The molecule has 0 saturated carbocycles. The number of benzene rings is 1. The molecule has 19 heteroatoms. The van der Waals surface area contributed by atoms with Gasteiger partial charge in [-0.05, 0) is 30.7 Å². The van der Waals surface area contributed by atoms with Gasteiger partial charge >= 0.3 is 11.9 Å². The highest BCUT2D eigenvalue weighted by Crippen LogP contribution is 2.41. The first kappa shape index (κ1) is 29.4. The zero-order valence-corrected chi connectivity index (χ0v) is 24.7. The highest BCUT2D eigenvalue weighted by atomic mass is 32.2. The molecule has 0 aliphatic carbocycles. The van der Waals surface area contributed by atoms with Crippen molar-refractivity contribution in [3.8, 4) is 5.75 Å². The van der Waals surface area contributed by atoms with E-state index in [9.17, 15) is 24.3 Å². The summed E-state index contributed by atoms with van der Waals surface area (Å²) in [6.45, 7) is 1.87. The highest BCUT2D eigenvalue weighted by Gasteiger charge is 2.54. The SMILES string of the molecule is CCOC(=O)c1cccc(ON=C(C(=O)NC2C(=O)N3C(C(=O)O)=C(CSc4nncs4)CS[C@@H]23)c2nsc(N)n2)c1. The van der Waals surface area contributed by atoms with Crippen LogP contribution in [0.5, 0.6) is 5.75 Å². The molecule has 2 atom stereocenters. The van der Waals surface area contributed by atoms with E-state index < -0.39 is 35.2 Å². The Morgan fingerprint density at radius 1 is 1.33 bits per heavy atom. The molecule has 15 nitrogen and oxygen atoms in total. The molecule has 2 aromatic heterocycles. The van der Waals surface area contributed by atoms with Gasteiger partial charge in [-0.2, -0.15) is 9.36 Å². The summed E-state index contributed by atoms with van der Waals surface area (Å²) in [5, 5.41) is 23.5. The van der Waals surface area contributed by atoms with E-state index in [0.717, 1.165) is 11.5 Å². The average Bonchev–Trinajstić information content (AvgIpc) is 3.66. The quantitative estimate of drug-likeness (QED) is 0.0883. The van der Waals surface area contributed by atoms with E-state index in [4.69, 9.17) is 15.3 Å². The molecule has 1 unspecified atom stereocenters. The van der Waals surface area contributed by atoms with Crippen molar-refractivity contribution in [1.29, 1.82) is 0 Å². The van der Waals surface area contributed by atoms with Crippen LogP contribution in [0, 0.1) is 0 Å². The van der Waals surface area contributed by atoms with Gasteiger partial charge in [0.1, 0.15) is 22.6 Å². The Hall–Kier alpha value is -4.07. The standard InChI is InChI=1S/C23H20N8O7S4/c1-2-37-21(36)10-4-3-5-12(6-10)38-29-13(16-27-22(24)42-30-16)17(32)26-14-18(33)31-15(20(34)35)11(7-39-19(14)31)8-40-23-28-25-9-41-23/h3-6,9,14,19H,2,7-8H2,1H3,(H,26,32)(H,34,35)(H2,24,27,30)/t14?,19-/m0/s1. The summed E-state index contributed by atoms with van der Waals surface area (Å²) in [4.78, 5) is 61.2. The number of thioether (sulfide) groups is 2. The minimum atomic E-state index is -1.24. The fourth-order valence-electron chi connectivity index (χ4n) is 3.89. The lowest BCUT2D eigenvalue weighted by atomic mass is 10.0. The molecule has 0 bridgehead atoms. The van der Waals surface area contributed by atoms with Crippen LogP contribution >= 0.6 is 46.4 Å². The molecule has 1 fully saturated rings. The summed E-state index contributed by atoms with van der Waals surface area (Å²) in [5.74, 6) is -2.60. The number of ether oxygens (including phenoxy) is 1.